The summed E-state index contributed by atoms with van der Waals surface area (Å²) < 4.78 is 32.9. The molecular weight excluding hydrogens is 446 g/mol. The Labute approximate surface area is 205 Å². The van der Waals surface area contributed by atoms with Gasteiger partial charge in [-0.2, -0.15) is 0 Å². The van der Waals surface area contributed by atoms with Crippen LogP contribution in [-0.4, -0.2) is 55.1 Å². The lowest BCUT2D eigenvalue weighted by Crippen LogP contribution is -2.49. The van der Waals surface area contributed by atoms with Crippen molar-refractivity contribution in [2.45, 2.75) is 24.9 Å². The zero-order valence-corrected chi connectivity index (χ0v) is 19.9. The molecule has 3 aromatic rings. The van der Waals surface area contributed by atoms with Gasteiger partial charge in [0.2, 0.25) is 5.91 Å². The molecule has 5 rings (SSSR count). The quantitative estimate of drug-likeness (QED) is 0.497. The molecule has 182 valence electrons. The van der Waals surface area contributed by atoms with Crippen molar-refractivity contribution in [1.29, 1.82) is 0 Å². The van der Waals surface area contributed by atoms with Crippen LogP contribution in [0.5, 0.6) is 0 Å². The summed E-state index contributed by atoms with van der Waals surface area (Å²) in [5.74, 6) is -1.52. The minimum atomic E-state index is -0.835. The number of methoxy groups -OCH3 is 1. The smallest absolute Gasteiger partial charge is 0.248 e. The van der Waals surface area contributed by atoms with Crippen molar-refractivity contribution in [3.05, 3.63) is 95.6 Å². The number of carbonyl (C=O) groups is 1. The first-order chi connectivity index (χ1) is 17.0. The molecule has 2 saturated heterocycles. The van der Waals surface area contributed by atoms with Crippen LogP contribution in [0.25, 0.3) is 11.1 Å². The molecule has 2 aliphatic rings. The Balaban J connectivity index is 1.41. The molecule has 4 nitrogen and oxygen atoms in total. The minimum absolute atomic E-state index is 0.0190. The highest BCUT2D eigenvalue weighted by molar-refractivity contribution is 5.77. The Hall–Kier alpha value is -3.09. The van der Waals surface area contributed by atoms with Crippen molar-refractivity contribution in [3.8, 4) is 11.1 Å². The average molecular weight is 477 g/mol. The standard InChI is InChI=1S/C29H30F2N2O2/c1-35-19-29(34)32-13-12-28-25(18-32)24(23-10-11-26(30)27(31)15-23)17-33(28)16-20-6-5-9-22(14-20)21-7-3-2-4-8-21/h2-11,14-15,24-25,28H,12-13,16-19H2,1H3/t24-,25-,28-/m1/s1. The first-order valence-corrected chi connectivity index (χ1v) is 12.1. The molecule has 0 bridgehead atoms. The summed E-state index contributed by atoms with van der Waals surface area (Å²) in [7, 11) is 1.52. The van der Waals surface area contributed by atoms with Crippen molar-refractivity contribution < 1.29 is 18.3 Å². The van der Waals surface area contributed by atoms with Crippen molar-refractivity contribution in [2.24, 2.45) is 5.92 Å². The van der Waals surface area contributed by atoms with E-state index in [0.717, 1.165) is 25.1 Å². The number of amides is 1. The zero-order valence-electron chi connectivity index (χ0n) is 19.9. The molecule has 2 fully saturated rings. The first-order valence-electron chi connectivity index (χ1n) is 12.1. The fraction of sp³-hybridized carbons (Fsp3) is 0.345. The van der Waals surface area contributed by atoms with Gasteiger partial charge in [-0.3, -0.25) is 9.69 Å². The average Bonchev–Trinajstić information content (AvgIpc) is 3.24. The van der Waals surface area contributed by atoms with E-state index in [-0.39, 0.29) is 30.4 Å². The first kappa shape index (κ1) is 23.6. The van der Waals surface area contributed by atoms with Gasteiger partial charge in [-0.1, -0.05) is 54.6 Å². The summed E-state index contributed by atoms with van der Waals surface area (Å²) in [6.07, 6.45) is 0.846. The number of piperidine rings is 1. The molecule has 0 aliphatic carbocycles. The number of likely N-dealkylation sites (tertiary alicyclic amines) is 2. The van der Waals surface area contributed by atoms with E-state index in [9.17, 15) is 13.6 Å². The maximum absolute atomic E-state index is 14.1. The number of nitrogens with zero attached hydrogens (tertiary/aromatic N) is 2. The summed E-state index contributed by atoms with van der Waals surface area (Å²) >= 11 is 0. The molecule has 1 amide bonds. The molecule has 3 aromatic carbocycles. The highest BCUT2D eigenvalue weighted by Crippen LogP contribution is 2.42. The van der Waals surface area contributed by atoms with Crippen LogP contribution in [-0.2, 0) is 16.1 Å². The number of hydrogen-bond donors (Lipinski definition) is 0. The van der Waals surface area contributed by atoms with E-state index in [2.05, 4.69) is 41.3 Å². The van der Waals surface area contributed by atoms with E-state index in [0.29, 0.717) is 13.1 Å². The Kier molecular flexibility index (Phi) is 6.93. The summed E-state index contributed by atoms with van der Waals surface area (Å²) in [5.41, 5.74) is 4.36. The van der Waals surface area contributed by atoms with Crippen LogP contribution in [0, 0.1) is 17.6 Å². The second-order valence-corrected chi connectivity index (χ2v) is 9.57. The van der Waals surface area contributed by atoms with E-state index in [1.807, 2.05) is 23.1 Å². The van der Waals surface area contributed by atoms with Crippen LogP contribution in [0.2, 0.25) is 0 Å². The minimum Gasteiger partial charge on any atom is -0.375 e. The van der Waals surface area contributed by atoms with Crippen LogP contribution < -0.4 is 0 Å². The fourth-order valence-corrected chi connectivity index (χ4v) is 5.77. The largest absolute Gasteiger partial charge is 0.375 e. The number of benzene rings is 3. The lowest BCUT2D eigenvalue weighted by Gasteiger charge is -2.39. The lowest BCUT2D eigenvalue weighted by atomic mass is 9.81. The maximum atomic E-state index is 14.1. The third kappa shape index (κ3) is 5.00. The second-order valence-electron chi connectivity index (χ2n) is 9.57. The summed E-state index contributed by atoms with van der Waals surface area (Å²) in [4.78, 5) is 16.9. The SMILES string of the molecule is COCC(=O)N1CC[C@@H]2[C@H](C1)[C@@H](c1ccc(F)c(F)c1)CN2Cc1cccc(-c2ccccc2)c1. The van der Waals surface area contributed by atoms with Crippen LogP contribution in [0.1, 0.15) is 23.5 Å². The van der Waals surface area contributed by atoms with Gasteiger partial charge in [0.15, 0.2) is 11.6 Å². The molecule has 2 aliphatic heterocycles. The number of halogens is 2. The normalized spacial score (nSPS) is 22.3. The summed E-state index contributed by atoms with van der Waals surface area (Å²) in [5, 5.41) is 0. The molecule has 0 aromatic heterocycles. The Morgan fingerprint density at radius 1 is 0.943 bits per heavy atom. The molecular formula is C29H30F2N2O2. The number of carbonyl (C=O) groups excluding carboxylic acids is 1. The van der Waals surface area contributed by atoms with Gasteiger partial charge in [-0.05, 0) is 46.9 Å². The molecule has 0 unspecified atom stereocenters. The van der Waals surface area contributed by atoms with Gasteiger partial charge in [0.1, 0.15) is 6.61 Å². The van der Waals surface area contributed by atoms with Gasteiger partial charge >= 0.3 is 0 Å². The zero-order chi connectivity index (χ0) is 24.4. The van der Waals surface area contributed by atoms with Crippen molar-refractivity contribution >= 4 is 5.91 Å². The topological polar surface area (TPSA) is 32.8 Å². The number of hydrogen-bond acceptors (Lipinski definition) is 3. The third-order valence-electron chi connectivity index (χ3n) is 7.45. The Morgan fingerprint density at radius 2 is 1.74 bits per heavy atom. The van der Waals surface area contributed by atoms with Gasteiger partial charge < -0.3 is 9.64 Å². The predicted octanol–water partition coefficient (Wildman–Crippen LogP) is 5.09. The van der Waals surface area contributed by atoms with Gasteiger partial charge in [-0.15, -0.1) is 0 Å². The van der Waals surface area contributed by atoms with Gasteiger partial charge in [0.05, 0.1) is 0 Å². The van der Waals surface area contributed by atoms with Crippen molar-refractivity contribution in [2.75, 3.05) is 33.4 Å². The summed E-state index contributed by atoms with van der Waals surface area (Å²) in [6.45, 7) is 2.84. The molecule has 0 radical (unpaired) electrons. The van der Waals surface area contributed by atoms with Crippen molar-refractivity contribution in [1.82, 2.24) is 9.80 Å². The number of ether oxygens (including phenoxy) is 1. The van der Waals surface area contributed by atoms with Gasteiger partial charge in [0, 0.05) is 51.2 Å². The Morgan fingerprint density at radius 3 is 2.51 bits per heavy atom. The van der Waals surface area contributed by atoms with Crippen LogP contribution in [0.4, 0.5) is 8.78 Å². The van der Waals surface area contributed by atoms with Crippen LogP contribution in [0.15, 0.2) is 72.8 Å². The van der Waals surface area contributed by atoms with Gasteiger partial charge in [0.25, 0.3) is 0 Å². The number of fused-ring (bicyclic) bond motifs is 1. The molecule has 0 N–H and O–H groups in total. The van der Waals surface area contributed by atoms with Crippen LogP contribution >= 0.6 is 0 Å². The van der Waals surface area contributed by atoms with Crippen LogP contribution in [0.3, 0.4) is 0 Å². The molecule has 6 heteroatoms. The van der Waals surface area contributed by atoms with E-state index in [4.69, 9.17) is 4.74 Å². The van der Waals surface area contributed by atoms with E-state index in [1.165, 1.54) is 35.9 Å². The highest BCUT2D eigenvalue weighted by Gasteiger charge is 2.46. The predicted molar refractivity (Wildman–Crippen MR) is 132 cm³/mol. The maximum Gasteiger partial charge on any atom is 0.248 e. The van der Waals surface area contributed by atoms with E-state index < -0.39 is 11.6 Å². The van der Waals surface area contributed by atoms with E-state index >= 15 is 0 Å². The number of rotatable bonds is 6. The third-order valence-corrected chi connectivity index (χ3v) is 7.45. The molecule has 3 atom stereocenters. The Bertz CT molecular complexity index is 1190. The molecule has 2 heterocycles. The monoisotopic (exact) mass is 476 g/mol. The molecule has 0 saturated carbocycles. The lowest BCUT2D eigenvalue weighted by molar-refractivity contribution is -0.137. The fourth-order valence-electron chi connectivity index (χ4n) is 5.77. The second kappa shape index (κ2) is 10.3. The van der Waals surface area contributed by atoms with E-state index in [1.54, 1.807) is 6.07 Å². The highest BCUT2D eigenvalue weighted by atomic mass is 19.2. The summed E-state index contributed by atoms with van der Waals surface area (Å²) in [6, 6.07) is 23.4. The van der Waals surface area contributed by atoms with Gasteiger partial charge in [-0.25, -0.2) is 8.78 Å². The molecule has 0 spiro atoms. The van der Waals surface area contributed by atoms with Crippen molar-refractivity contribution in [3.63, 3.8) is 0 Å². The molecule has 35 heavy (non-hydrogen) atoms.